The lowest BCUT2D eigenvalue weighted by atomic mass is 10.5. The molecular formula is C7H14BrN. The number of nitrogens with zero attached hydrogens (tertiary/aromatic N) is 1. The van der Waals surface area contributed by atoms with Crippen LogP contribution in [0.1, 0.15) is 13.8 Å². The quantitative estimate of drug-likeness (QED) is 0.660. The summed E-state index contributed by atoms with van der Waals surface area (Å²) in [6.07, 6.45) is 2.10. The van der Waals surface area contributed by atoms with Crippen molar-refractivity contribution in [3.05, 3.63) is 11.1 Å². The van der Waals surface area contributed by atoms with E-state index >= 15 is 0 Å². The van der Waals surface area contributed by atoms with Crippen molar-refractivity contribution in [2.24, 2.45) is 0 Å². The Morgan fingerprint density at radius 2 is 1.89 bits per heavy atom. The Hall–Kier alpha value is 0.180. The molecule has 1 nitrogen and oxygen atoms in total. The van der Waals surface area contributed by atoms with Crippen LogP contribution in [0.3, 0.4) is 0 Å². The van der Waals surface area contributed by atoms with Gasteiger partial charge in [-0.25, -0.2) is 0 Å². The zero-order chi connectivity index (χ0) is 7.11. The number of likely N-dealkylation sites (N-methyl/N-ethyl adjacent to an activating group) is 1. The Kier molecular flexibility index (Phi) is 6.43. The van der Waals surface area contributed by atoms with Crippen molar-refractivity contribution in [1.29, 1.82) is 0 Å². The molecule has 0 unspecified atom stereocenters. The van der Waals surface area contributed by atoms with Crippen LogP contribution in [-0.2, 0) is 0 Å². The lowest BCUT2D eigenvalue weighted by Gasteiger charge is -2.14. The maximum atomic E-state index is 3.23. The minimum Gasteiger partial charge on any atom is -0.300 e. The van der Waals surface area contributed by atoms with E-state index in [4.69, 9.17) is 0 Å². The van der Waals surface area contributed by atoms with Crippen LogP contribution in [0.2, 0.25) is 0 Å². The highest BCUT2D eigenvalue weighted by atomic mass is 79.9. The summed E-state index contributed by atoms with van der Waals surface area (Å²) in [6, 6.07) is 0. The van der Waals surface area contributed by atoms with Crippen LogP contribution in [0, 0.1) is 0 Å². The topological polar surface area (TPSA) is 3.24 Å². The molecule has 0 aromatic rings. The molecule has 0 aliphatic carbocycles. The van der Waals surface area contributed by atoms with Crippen LogP contribution < -0.4 is 0 Å². The lowest BCUT2D eigenvalue weighted by molar-refractivity contribution is 0.337. The highest BCUT2D eigenvalue weighted by molar-refractivity contribution is 9.11. The fourth-order valence-corrected chi connectivity index (χ4v) is 0.838. The minimum atomic E-state index is 1.05. The molecule has 0 aromatic heterocycles. The van der Waals surface area contributed by atoms with Crippen molar-refractivity contribution in [3.63, 3.8) is 0 Å². The Labute approximate surface area is 65.9 Å². The zero-order valence-electron chi connectivity index (χ0n) is 6.10. The Bertz CT molecular complexity index is 77.0. The second kappa shape index (κ2) is 6.30. The van der Waals surface area contributed by atoms with Crippen molar-refractivity contribution in [1.82, 2.24) is 4.90 Å². The molecule has 9 heavy (non-hydrogen) atoms. The van der Waals surface area contributed by atoms with Gasteiger partial charge in [0.1, 0.15) is 0 Å². The van der Waals surface area contributed by atoms with E-state index in [9.17, 15) is 0 Å². The molecule has 0 atom stereocenters. The molecule has 0 N–H and O–H groups in total. The Morgan fingerprint density at radius 3 is 2.22 bits per heavy atom. The van der Waals surface area contributed by atoms with Gasteiger partial charge >= 0.3 is 0 Å². The van der Waals surface area contributed by atoms with Crippen molar-refractivity contribution in [3.8, 4) is 0 Å². The minimum absolute atomic E-state index is 1.05. The van der Waals surface area contributed by atoms with Gasteiger partial charge in [0.2, 0.25) is 0 Å². The number of hydrogen-bond donors (Lipinski definition) is 0. The number of halogens is 1. The highest BCUT2D eigenvalue weighted by Gasteiger charge is 1.91. The summed E-state index contributed by atoms with van der Waals surface area (Å²) in [7, 11) is 0. The van der Waals surface area contributed by atoms with Crippen LogP contribution in [0.4, 0.5) is 0 Å². The normalized spacial score (nSPS) is 11.6. The Morgan fingerprint density at radius 1 is 1.33 bits per heavy atom. The van der Waals surface area contributed by atoms with Gasteiger partial charge in [0.05, 0.1) is 0 Å². The third kappa shape index (κ3) is 4.67. The first-order valence-corrected chi connectivity index (χ1v) is 4.24. The largest absolute Gasteiger partial charge is 0.300 e. The first kappa shape index (κ1) is 9.18. The zero-order valence-corrected chi connectivity index (χ0v) is 7.69. The molecule has 0 aliphatic heterocycles. The smallest absolute Gasteiger partial charge is 0.0171 e. The van der Waals surface area contributed by atoms with Gasteiger partial charge in [-0.3, -0.25) is 0 Å². The molecular weight excluding hydrogens is 178 g/mol. The van der Waals surface area contributed by atoms with E-state index in [2.05, 4.69) is 40.8 Å². The molecule has 0 fully saturated rings. The average Bonchev–Trinajstić information content (AvgIpc) is 1.91. The fourth-order valence-electron chi connectivity index (χ4n) is 0.671. The van der Waals surface area contributed by atoms with Crippen LogP contribution in [0.5, 0.6) is 0 Å². The summed E-state index contributed by atoms with van der Waals surface area (Å²) >= 11 is 3.23. The highest BCUT2D eigenvalue weighted by Crippen LogP contribution is 1.89. The standard InChI is InChI=1S/C7H14BrN/c1-3-9(4-2)7-5-6-8/h5-6H,3-4,7H2,1-2H3/b6-5-. The summed E-state index contributed by atoms with van der Waals surface area (Å²) in [5.74, 6) is 0. The van der Waals surface area contributed by atoms with Gasteiger partial charge in [0, 0.05) is 6.54 Å². The van der Waals surface area contributed by atoms with Gasteiger partial charge in [-0.05, 0) is 18.1 Å². The molecule has 0 saturated heterocycles. The monoisotopic (exact) mass is 191 g/mol. The van der Waals surface area contributed by atoms with Crippen molar-refractivity contribution in [2.45, 2.75) is 13.8 Å². The number of rotatable bonds is 4. The van der Waals surface area contributed by atoms with Gasteiger partial charge in [-0.15, -0.1) is 0 Å². The predicted molar refractivity (Wildman–Crippen MR) is 45.9 cm³/mol. The molecule has 2 heteroatoms. The van der Waals surface area contributed by atoms with Gasteiger partial charge in [-0.2, -0.15) is 0 Å². The molecule has 0 bridgehead atoms. The maximum Gasteiger partial charge on any atom is 0.0171 e. The van der Waals surface area contributed by atoms with Gasteiger partial charge in [0.25, 0.3) is 0 Å². The summed E-state index contributed by atoms with van der Waals surface area (Å²) < 4.78 is 0. The molecule has 0 aliphatic rings. The van der Waals surface area contributed by atoms with Crippen molar-refractivity contribution >= 4 is 15.9 Å². The predicted octanol–water partition coefficient (Wildman–Crippen LogP) is 2.24. The second-order valence-corrected chi connectivity index (χ2v) is 2.38. The van der Waals surface area contributed by atoms with E-state index in [1.165, 1.54) is 0 Å². The molecule has 0 amide bonds. The van der Waals surface area contributed by atoms with Crippen LogP contribution in [0.25, 0.3) is 0 Å². The average molecular weight is 192 g/mol. The summed E-state index contributed by atoms with van der Waals surface area (Å²) in [5, 5.41) is 0. The van der Waals surface area contributed by atoms with Crippen molar-refractivity contribution in [2.75, 3.05) is 19.6 Å². The molecule has 0 heterocycles. The Balaban J connectivity index is 3.31. The molecule has 0 saturated carbocycles. The molecule has 54 valence electrons. The molecule has 0 spiro atoms. The van der Waals surface area contributed by atoms with Crippen LogP contribution in [-0.4, -0.2) is 24.5 Å². The van der Waals surface area contributed by atoms with Gasteiger partial charge in [-0.1, -0.05) is 35.9 Å². The lowest BCUT2D eigenvalue weighted by Crippen LogP contribution is -2.22. The maximum absolute atomic E-state index is 3.23. The second-order valence-electron chi connectivity index (χ2n) is 1.85. The molecule has 0 rings (SSSR count). The SMILES string of the molecule is CCN(CC)C/C=C\Br. The van der Waals surface area contributed by atoms with Gasteiger partial charge in [0.15, 0.2) is 0 Å². The van der Waals surface area contributed by atoms with E-state index in [0.717, 1.165) is 19.6 Å². The van der Waals surface area contributed by atoms with E-state index in [1.54, 1.807) is 0 Å². The third-order valence-corrected chi connectivity index (χ3v) is 1.72. The van der Waals surface area contributed by atoms with E-state index < -0.39 is 0 Å². The van der Waals surface area contributed by atoms with Crippen molar-refractivity contribution < 1.29 is 0 Å². The summed E-state index contributed by atoms with van der Waals surface area (Å²) in [5.41, 5.74) is 0. The first-order chi connectivity index (χ1) is 4.35. The first-order valence-electron chi connectivity index (χ1n) is 3.32. The van der Waals surface area contributed by atoms with E-state index in [0.29, 0.717) is 0 Å². The van der Waals surface area contributed by atoms with E-state index in [1.807, 2.05) is 4.99 Å². The summed E-state index contributed by atoms with van der Waals surface area (Å²) in [6.45, 7) is 7.66. The molecule has 0 aromatic carbocycles. The molecule has 0 radical (unpaired) electrons. The third-order valence-electron chi connectivity index (χ3n) is 1.35. The fraction of sp³-hybridized carbons (Fsp3) is 0.714. The summed E-state index contributed by atoms with van der Waals surface area (Å²) in [4.78, 5) is 4.25. The number of hydrogen-bond acceptors (Lipinski definition) is 1. The van der Waals surface area contributed by atoms with Crippen LogP contribution >= 0.6 is 15.9 Å². The van der Waals surface area contributed by atoms with Crippen LogP contribution in [0.15, 0.2) is 11.1 Å². The van der Waals surface area contributed by atoms with E-state index in [-0.39, 0.29) is 0 Å². The van der Waals surface area contributed by atoms with Gasteiger partial charge < -0.3 is 4.90 Å².